The molecule has 0 bridgehead atoms. The van der Waals surface area contributed by atoms with Gasteiger partial charge in [-0.15, -0.1) is 11.3 Å². The summed E-state index contributed by atoms with van der Waals surface area (Å²) in [6.07, 6.45) is 0.154. The van der Waals surface area contributed by atoms with Crippen LogP contribution in [0.3, 0.4) is 0 Å². The lowest BCUT2D eigenvalue weighted by Gasteiger charge is -2.17. The molecule has 6 heteroatoms. The summed E-state index contributed by atoms with van der Waals surface area (Å²) >= 11 is 1.38. The zero-order valence-corrected chi connectivity index (χ0v) is 15.9. The first kappa shape index (κ1) is 18.8. The zero-order chi connectivity index (χ0) is 18.6. The second-order valence-electron chi connectivity index (χ2n) is 6.62. The number of nitrogens with zero attached hydrogens (tertiary/aromatic N) is 1. The van der Waals surface area contributed by atoms with E-state index in [0.29, 0.717) is 22.1 Å². The number of rotatable bonds is 5. The van der Waals surface area contributed by atoms with Crippen LogP contribution in [0.25, 0.3) is 0 Å². The number of anilines is 1. The first-order valence-electron chi connectivity index (χ1n) is 7.83. The average Bonchev–Trinajstić information content (AvgIpc) is 2.97. The standard InChI is InChI=1S/C19H22N2O3S/c1-19(2,3)15-11-25-18(14(15)10-20)21-17(22)8-12-6-7-13(23-4)9-16(12)24-5/h6-7,9,11H,8H2,1-5H3,(H,21,22). The Balaban J connectivity index is 2.19. The molecular weight excluding hydrogens is 336 g/mol. The minimum atomic E-state index is -0.192. The van der Waals surface area contributed by atoms with Crippen molar-refractivity contribution in [1.82, 2.24) is 0 Å². The minimum absolute atomic E-state index is 0.149. The number of nitrogens with one attached hydrogen (secondary N) is 1. The van der Waals surface area contributed by atoms with Crippen LogP contribution in [0.4, 0.5) is 5.00 Å². The Morgan fingerprint density at radius 1 is 1.28 bits per heavy atom. The van der Waals surface area contributed by atoms with Gasteiger partial charge in [-0.05, 0) is 22.4 Å². The van der Waals surface area contributed by atoms with Crippen LogP contribution in [0.2, 0.25) is 0 Å². The van der Waals surface area contributed by atoms with E-state index in [4.69, 9.17) is 9.47 Å². The monoisotopic (exact) mass is 358 g/mol. The number of hydrogen-bond acceptors (Lipinski definition) is 5. The van der Waals surface area contributed by atoms with E-state index in [0.717, 1.165) is 11.1 Å². The van der Waals surface area contributed by atoms with Crippen molar-refractivity contribution in [3.63, 3.8) is 0 Å². The molecule has 1 amide bonds. The molecule has 132 valence electrons. The second kappa shape index (κ2) is 7.58. The van der Waals surface area contributed by atoms with Gasteiger partial charge in [-0.2, -0.15) is 5.26 Å². The maximum Gasteiger partial charge on any atom is 0.229 e. The van der Waals surface area contributed by atoms with Gasteiger partial charge in [0.2, 0.25) is 5.91 Å². The summed E-state index contributed by atoms with van der Waals surface area (Å²) in [4.78, 5) is 12.4. The Morgan fingerprint density at radius 3 is 2.56 bits per heavy atom. The van der Waals surface area contributed by atoms with Crippen LogP contribution in [0, 0.1) is 11.3 Å². The highest BCUT2D eigenvalue weighted by molar-refractivity contribution is 7.14. The number of hydrogen-bond donors (Lipinski definition) is 1. The van der Waals surface area contributed by atoms with Crippen LogP contribution in [0.15, 0.2) is 23.6 Å². The summed E-state index contributed by atoms with van der Waals surface area (Å²) in [7, 11) is 3.13. The van der Waals surface area contributed by atoms with Crippen LogP contribution in [0.5, 0.6) is 11.5 Å². The lowest BCUT2D eigenvalue weighted by atomic mass is 9.86. The Bertz CT molecular complexity index is 813. The predicted molar refractivity (Wildman–Crippen MR) is 99.6 cm³/mol. The van der Waals surface area contributed by atoms with Crippen LogP contribution < -0.4 is 14.8 Å². The van der Waals surface area contributed by atoms with Gasteiger partial charge in [0.1, 0.15) is 22.6 Å². The molecule has 0 aliphatic carbocycles. The van der Waals surface area contributed by atoms with E-state index >= 15 is 0 Å². The van der Waals surface area contributed by atoms with E-state index in [1.54, 1.807) is 32.4 Å². The molecule has 0 radical (unpaired) electrons. The van der Waals surface area contributed by atoms with Crippen LogP contribution in [0.1, 0.15) is 37.5 Å². The lowest BCUT2D eigenvalue weighted by molar-refractivity contribution is -0.115. The number of ether oxygens (including phenoxy) is 2. The van der Waals surface area contributed by atoms with Gasteiger partial charge in [0.05, 0.1) is 26.2 Å². The normalized spacial score (nSPS) is 10.9. The van der Waals surface area contributed by atoms with Crippen molar-refractivity contribution in [1.29, 1.82) is 5.26 Å². The molecule has 1 aromatic carbocycles. The molecule has 0 unspecified atom stereocenters. The Morgan fingerprint density at radius 2 is 2.00 bits per heavy atom. The molecule has 25 heavy (non-hydrogen) atoms. The van der Waals surface area contributed by atoms with Crippen molar-refractivity contribution in [2.24, 2.45) is 0 Å². The largest absolute Gasteiger partial charge is 0.497 e. The molecular formula is C19H22N2O3S. The van der Waals surface area contributed by atoms with Crippen LogP contribution in [-0.2, 0) is 16.6 Å². The molecule has 2 rings (SSSR count). The van der Waals surface area contributed by atoms with Gasteiger partial charge in [0, 0.05) is 11.6 Å². The Hall–Kier alpha value is -2.52. The lowest BCUT2D eigenvalue weighted by Crippen LogP contribution is -2.16. The third-order valence-corrected chi connectivity index (χ3v) is 4.70. The van der Waals surface area contributed by atoms with Gasteiger partial charge in [-0.25, -0.2) is 0 Å². The fraction of sp³-hybridized carbons (Fsp3) is 0.368. The molecule has 5 nitrogen and oxygen atoms in total. The SMILES string of the molecule is COc1ccc(CC(=O)Nc2scc(C(C)(C)C)c2C#N)c(OC)c1. The number of methoxy groups -OCH3 is 2. The fourth-order valence-corrected chi connectivity index (χ4v) is 3.61. The number of carbonyl (C=O) groups excluding carboxylic acids is 1. The molecule has 0 spiro atoms. The Kier molecular flexibility index (Phi) is 5.70. The van der Waals surface area contributed by atoms with E-state index in [9.17, 15) is 10.1 Å². The van der Waals surface area contributed by atoms with Crippen LogP contribution in [-0.4, -0.2) is 20.1 Å². The van der Waals surface area contributed by atoms with Gasteiger partial charge >= 0.3 is 0 Å². The number of thiophene rings is 1. The van der Waals surface area contributed by atoms with Gasteiger partial charge in [0.15, 0.2) is 0 Å². The van der Waals surface area contributed by atoms with E-state index in [2.05, 4.69) is 11.4 Å². The quantitative estimate of drug-likeness (QED) is 0.873. The molecule has 0 saturated heterocycles. The van der Waals surface area contributed by atoms with Gasteiger partial charge in [-0.3, -0.25) is 4.79 Å². The number of nitriles is 1. The van der Waals surface area contributed by atoms with Crippen molar-refractivity contribution < 1.29 is 14.3 Å². The van der Waals surface area contributed by atoms with Crippen molar-refractivity contribution in [3.05, 3.63) is 40.3 Å². The molecule has 0 saturated carbocycles. The topological polar surface area (TPSA) is 71.3 Å². The number of amides is 1. The van der Waals surface area contributed by atoms with Crippen molar-refractivity contribution in [2.45, 2.75) is 32.6 Å². The van der Waals surface area contributed by atoms with Crippen molar-refractivity contribution in [3.8, 4) is 17.6 Å². The van der Waals surface area contributed by atoms with Crippen molar-refractivity contribution in [2.75, 3.05) is 19.5 Å². The van der Waals surface area contributed by atoms with Gasteiger partial charge < -0.3 is 14.8 Å². The van der Waals surface area contributed by atoms with E-state index < -0.39 is 0 Å². The van der Waals surface area contributed by atoms with Crippen molar-refractivity contribution >= 4 is 22.2 Å². The summed E-state index contributed by atoms with van der Waals surface area (Å²) in [5, 5.41) is 14.8. The fourth-order valence-electron chi connectivity index (χ4n) is 2.45. The smallest absolute Gasteiger partial charge is 0.229 e. The molecule has 0 atom stereocenters. The molecule has 2 aromatic rings. The van der Waals surface area contributed by atoms with Gasteiger partial charge in [-0.1, -0.05) is 26.8 Å². The first-order chi connectivity index (χ1) is 11.8. The van der Waals surface area contributed by atoms with Crippen LogP contribution >= 0.6 is 11.3 Å². The highest BCUT2D eigenvalue weighted by Crippen LogP contribution is 2.35. The summed E-state index contributed by atoms with van der Waals surface area (Å²) < 4.78 is 10.5. The second-order valence-corrected chi connectivity index (χ2v) is 7.50. The molecule has 1 N–H and O–H groups in total. The maximum absolute atomic E-state index is 12.4. The third-order valence-electron chi connectivity index (χ3n) is 3.81. The minimum Gasteiger partial charge on any atom is -0.497 e. The highest BCUT2D eigenvalue weighted by atomic mass is 32.1. The third kappa shape index (κ3) is 4.31. The molecule has 0 aliphatic rings. The zero-order valence-electron chi connectivity index (χ0n) is 15.1. The van der Waals surface area contributed by atoms with E-state index in [-0.39, 0.29) is 17.7 Å². The number of carbonyl (C=O) groups is 1. The summed E-state index contributed by atoms with van der Waals surface area (Å²) in [6.45, 7) is 6.14. The highest BCUT2D eigenvalue weighted by Gasteiger charge is 2.23. The molecule has 1 aromatic heterocycles. The van der Waals surface area contributed by atoms with E-state index in [1.165, 1.54) is 11.3 Å². The summed E-state index contributed by atoms with van der Waals surface area (Å²) in [5.41, 5.74) is 2.08. The molecule has 0 aliphatic heterocycles. The van der Waals surface area contributed by atoms with E-state index in [1.807, 2.05) is 26.2 Å². The summed E-state index contributed by atoms with van der Waals surface area (Å²) in [6, 6.07) is 7.54. The predicted octanol–water partition coefficient (Wildman–Crippen LogP) is 4.12. The number of benzene rings is 1. The molecule has 0 fully saturated rings. The Labute approximate surface area is 152 Å². The maximum atomic E-state index is 12.4. The average molecular weight is 358 g/mol. The first-order valence-corrected chi connectivity index (χ1v) is 8.71. The van der Waals surface area contributed by atoms with Gasteiger partial charge in [0.25, 0.3) is 0 Å². The molecule has 1 heterocycles. The summed E-state index contributed by atoms with van der Waals surface area (Å²) in [5.74, 6) is 1.07.